The van der Waals surface area contributed by atoms with E-state index in [4.69, 9.17) is 0 Å². The summed E-state index contributed by atoms with van der Waals surface area (Å²) in [6.45, 7) is 6.40. The van der Waals surface area contributed by atoms with Gasteiger partial charge in [0.1, 0.15) is 0 Å². The van der Waals surface area contributed by atoms with Gasteiger partial charge in [-0.15, -0.1) is 0 Å². The van der Waals surface area contributed by atoms with E-state index in [1.54, 1.807) is 25.2 Å². The highest BCUT2D eigenvalue weighted by Gasteiger charge is 2.17. The Labute approximate surface area is 136 Å². The number of nitrogens with one attached hydrogen (secondary N) is 1. The Hall–Kier alpha value is -2.17. The smallest absolute Gasteiger partial charge is 0.274 e. The summed E-state index contributed by atoms with van der Waals surface area (Å²) < 4.78 is 1.22. The molecule has 5 nitrogen and oxygen atoms in total. The van der Waals surface area contributed by atoms with E-state index in [2.05, 4.69) is 24.3 Å². The van der Waals surface area contributed by atoms with Crippen LogP contribution in [-0.4, -0.2) is 21.7 Å². The van der Waals surface area contributed by atoms with E-state index in [1.807, 2.05) is 13.0 Å². The van der Waals surface area contributed by atoms with Crippen molar-refractivity contribution in [3.8, 4) is 0 Å². The Morgan fingerprint density at radius 2 is 1.83 bits per heavy atom. The van der Waals surface area contributed by atoms with Gasteiger partial charge >= 0.3 is 0 Å². The van der Waals surface area contributed by atoms with E-state index >= 15 is 0 Å². The first-order valence-electron chi connectivity index (χ1n) is 8.17. The minimum Gasteiger partial charge on any atom is -0.348 e. The molecule has 1 aromatic carbocycles. The van der Waals surface area contributed by atoms with Gasteiger partial charge in [-0.1, -0.05) is 44.9 Å². The number of carbonyl (C=O) groups is 1. The van der Waals surface area contributed by atoms with E-state index in [0.29, 0.717) is 22.4 Å². The number of aryl methyl sites for hydroxylation is 1. The van der Waals surface area contributed by atoms with E-state index in [9.17, 15) is 9.59 Å². The maximum atomic E-state index is 12.5. The van der Waals surface area contributed by atoms with Crippen molar-refractivity contribution in [2.45, 2.75) is 46.1 Å². The Kier molecular flexibility index (Phi) is 5.53. The molecule has 0 aliphatic rings. The van der Waals surface area contributed by atoms with Crippen molar-refractivity contribution in [2.75, 3.05) is 0 Å². The molecule has 0 bridgehead atoms. The molecular weight excluding hydrogens is 290 g/mol. The van der Waals surface area contributed by atoms with Crippen LogP contribution in [0.15, 0.2) is 29.1 Å². The Bertz CT molecular complexity index is 750. The zero-order chi connectivity index (χ0) is 17.0. The standard InChI is InChI=1S/C18H25N3O2/c1-12(2)8-7-9-13(3)19-17(22)16-14-10-5-6-11-15(14)18(23)21(4)20-16/h5-6,10-13H,7-9H2,1-4H3,(H,19,22)/t13-/m1/s1. The number of rotatable bonds is 6. The maximum absolute atomic E-state index is 12.5. The molecule has 23 heavy (non-hydrogen) atoms. The highest BCUT2D eigenvalue weighted by molar-refractivity contribution is 6.04. The fourth-order valence-electron chi connectivity index (χ4n) is 2.66. The summed E-state index contributed by atoms with van der Waals surface area (Å²) in [5.74, 6) is 0.445. The van der Waals surface area contributed by atoms with Gasteiger partial charge in [0.25, 0.3) is 11.5 Å². The summed E-state index contributed by atoms with van der Waals surface area (Å²) in [6.07, 6.45) is 3.18. The van der Waals surface area contributed by atoms with Crippen LogP contribution in [-0.2, 0) is 7.05 Å². The predicted octanol–water partition coefficient (Wildman–Crippen LogP) is 2.88. The molecule has 0 spiro atoms. The second-order valence-electron chi connectivity index (χ2n) is 6.52. The number of hydrogen-bond donors (Lipinski definition) is 1. The van der Waals surface area contributed by atoms with Crippen LogP contribution in [0.25, 0.3) is 10.8 Å². The molecule has 0 saturated carbocycles. The molecule has 1 amide bonds. The summed E-state index contributed by atoms with van der Waals surface area (Å²) in [4.78, 5) is 24.6. The third-order valence-electron chi connectivity index (χ3n) is 3.97. The lowest BCUT2D eigenvalue weighted by Crippen LogP contribution is -2.35. The lowest BCUT2D eigenvalue weighted by molar-refractivity contribution is 0.0932. The van der Waals surface area contributed by atoms with Crippen LogP contribution in [0.5, 0.6) is 0 Å². The molecule has 0 aliphatic carbocycles. The molecule has 0 aliphatic heterocycles. The number of nitrogens with zero attached hydrogens (tertiary/aromatic N) is 2. The fraction of sp³-hybridized carbons (Fsp3) is 0.500. The van der Waals surface area contributed by atoms with Gasteiger partial charge in [0.15, 0.2) is 5.69 Å². The van der Waals surface area contributed by atoms with Crippen molar-refractivity contribution in [2.24, 2.45) is 13.0 Å². The van der Waals surface area contributed by atoms with Crippen LogP contribution in [0.1, 0.15) is 50.5 Å². The molecule has 0 radical (unpaired) electrons. The first kappa shape index (κ1) is 17.2. The van der Waals surface area contributed by atoms with Crippen LogP contribution in [0.3, 0.4) is 0 Å². The van der Waals surface area contributed by atoms with E-state index in [1.165, 1.54) is 4.68 Å². The van der Waals surface area contributed by atoms with Gasteiger partial charge in [0, 0.05) is 18.5 Å². The van der Waals surface area contributed by atoms with E-state index in [-0.39, 0.29) is 17.5 Å². The lowest BCUT2D eigenvalue weighted by atomic mass is 10.0. The molecule has 1 heterocycles. The molecule has 5 heteroatoms. The maximum Gasteiger partial charge on any atom is 0.274 e. The zero-order valence-corrected chi connectivity index (χ0v) is 14.3. The van der Waals surface area contributed by atoms with Crippen LogP contribution in [0.2, 0.25) is 0 Å². The third kappa shape index (κ3) is 4.18. The summed E-state index contributed by atoms with van der Waals surface area (Å²) in [5.41, 5.74) is 0.112. The first-order valence-corrected chi connectivity index (χ1v) is 8.17. The highest BCUT2D eigenvalue weighted by Crippen LogP contribution is 2.14. The minimum absolute atomic E-state index is 0.0825. The van der Waals surface area contributed by atoms with Crippen molar-refractivity contribution in [1.29, 1.82) is 0 Å². The molecule has 0 saturated heterocycles. The Morgan fingerprint density at radius 1 is 1.17 bits per heavy atom. The predicted molar refractivity (Wildman–Crippen MR) is 92.6 cm³/mol. The second-order valence-corrected chi connectivity index (χ2v) is 6.52. The number of benzene rings is 1. The van der Waals surface area contributed by atoms with Gasteiger partial charge in [-0.3, -0.25) is 9.59 Å². The molecule has 2 aromatic rings. The van der Waals surface area contributed by atoms with Gasteiger partial charge in [-0.2, -0.15) is 5.10 Å². The topological polar surface area (TPSA) is 64.0 Å². The molecule has 124 valence electrons. The summed E-state index contributed by atoms with van der Waals surface area (Å²) >= 11 is 0. The highest BCUT2D eigenvalue weighted by atomic mass is 16.2. The average molecular weight is 315 g/mol. The van der Waals surface area contributed by atoms with Gasteiger partial charge in [-0.05, 0) is 25.3 Å². The monoisotopic (exact) mass is 315 g/mol. The summed E-state index contributed by atoms with van der Waals surface area (Å²) in [6, 6.07) is 7.18. The van der Waals surface area contributed by atoms with Crippen molar-refractivity contribution >= 4 is 16.7 Å². The second kappa shape index (κ2) is 7.40. The molecule has 2 rings (SSSR count). The van der Waals surface area contributed by atoms with Crippen LogP contribution in [0.4, 0.5) is 0 Å². The largest absolute Gasteiger partial charge is 0.348 e. The van der Waals surface area contributed by atoms with Crippen molar-refractivity contribution in [3.05, 3.63) is 40.3 Å². The normalized spacial score (nSPS) is 12.6. The number of amides is 1. The minimum atomic E-state index is -0.228. The quantitative estimate of drug-likeness (QED) is 0.891. The number of carbonyl (C=O) groups excluding carboxylic acids is 1. The van der Waals surface area contributed by atoms with Crippen molar-refractivity contribution in [3.63, 3.8) is 0 Å². The summed E-state index contributed by atoms with van der Waals surface area (Å²) in [5, 5.41) is 8.26. The van der Waals surface area contributed by atoms with Gasteiger partial charge < -0.3 is 5.32 Å². The van der Waals surface area contributed by atoms with E-state index < -0.39 is 0 Å². The zero-order valence-electron chi connectivity index (χ0n) is 14.3. The first-order chi connectivity index (χ1) is 10.9. The summed E-state index contributed by atoms with van der Waals surface area (Å²) in [7, 11) is 1.57. The van der Waals surface area contributed by atoms with Gasteiger partial charge in [0.05, 0.1) is 5.39 Å². The number of fused-ring (bicyclic) bond motifs is 1. The number of aromatic nitrogens is 2. The molecule has 1 atom stereocenters. The Morgan fingerprint density at radius 3 is 2.48 bits per heavy atom. The molecule has 1 aromatic heterocycles. The molecular formula is C18H25N3O2. The lowest BCUT2D eigenvalue weighted by Gasteiger charge is -2.15. The van der Waals surface area contributed by atoms with Gasteiger partial charge in [0.2, 0.25) is 0 Å². The molecule has 0 fully saturated rings. The molecule has 1 N–H and O–H groups in total. The van der Waals surface area contributed by atoms with Crippen LogP contribution < -0.4 is 10.9 Å². The van der Waals surface area contributed by atoms with Crippen LogP contribution in [0, 0.1) is 5.92 Å². The molecule has 0 unspecified atom stereocenters. The van der Waals surface area contributed by atoms with Crippen LogP contribution >= 0.6 is 0 Å². The fourth-order valence-corrected chi connectivity index (χ4v) is 2.66. The number of hydrogen-bond acceptors (Lipinski definition) is 3. The third-order valence-corrected chi connectivity index (χ3v) is 3.97. The van der Waals surface area contributed by atoms with Gasteiger partial charge in [-0.25, -0.2) is 4.68 Å². The van der Waals surface area contributed by atoms with Crippen molar-refractivity contribution < 1.29 is 4.79 Å². The van der Waals surface area contributed by atoms with E-state index in [0.717, 1.165) is 19.3 Å². The average Bonchev–Trinajstić information content (AvgIpc) is 2.50. The van der Waals surface area contributed by atoms with Crippen molar-refractivity contribution in [1.82, 2.24) is 15.1 Å². The Balaban J connectivity index is 2.18. The SMILES string of the molecule is CC(C)CCC[C@@H](C)NC(=O)c1nn(C)c(=O)c2ccccc12.